The highest BCUT2D eigenvalue weighted by atomic mass is 16.3. The smallest absolute Gasteiger partial charge is 0.121 e. The Morgan fingerprint density at radius 2 is 2.12 bits per heavy atom. The molecule has 0 unspecified atom stereocenters. The van der Waals surface area contributed by atoms with Crippen LogP contribution in [0, 0.1) is 0 Å². The van der Waals surface area contributed by atoms with Crippen LogP contribution in [0.5, 0.6) is 5.75 Å². The van der Waals surface area contributed by atoms with E-state index in [-0.39, 0.29) is 17.6 Å². The molecule has 0 amide bonds. The minimum atomic E-state index is -2.86. The molecule has 17 heavy (non-hydrogen) atoms. The molecular weight excluding hydrogens is 218 g/mol. The quantitative estimate of drug-likeness (QED) is 0.643. The maximum absolute atomic E-state index is 10.1. The van der Waals surface area contributed by atoms with E-state index in [1.807, 2.05) is 20.8 Å². The van der Waals surface area contributed by atoms with Gasteiger partial charge in [-0.05, 0) is 38.4 Å². The molecule has 1 atom stereocenters. The van der Waals surface area contributed by atoms with E-state index in [0.29, 0.717) is 0 Å². The van der Waals surface area contributed by atoms with Crippen LogP contribution in [0.2, 0.25) is 0 Å². The van der Waals surface area contributed by atoms with Crippen molar-refractivity contribution in [1.29, 1.82) is 0 Å². The lowest BCUT2D eigenvalue weighted by Gasteiger charge is -2.23. The molecule has 1 aromatic carbocycles. The molecule has 0 saturated heterocycles. The van der Waals surface area contributed by atoms with Crippen LogP contribution in [-0.4, -0.2) is 27.4 Å². The van der Waals surface area contributed by atoms with Crippen LogP contribution >= 0.6 is 0 Å². The number of hydrogen-bond acceptors (Lipinski definition) is 4. The third-order valence-electron chi connectivity index (χ3n) is 2.19. The van der Waals surface area contributed by atoms with Crippen molar-refractivity contribution < 1.29 is 20.8 Å². The van der Waals surface area contributed by atoms with E-state index in [9.17, 15) is 15.3 Å². The molecule has 0 aliphatic carbocycles. The fourth-order valence-electron chi connectivity index (χ4n) is 1.24. The highest BCUT2D eigenvalue weighted by molar-refractivity contribution is 5.36. The van der Waals surface area contributed by atoms with Crippen molar-refractivity contribution in [3.8, 4) is 5.75 Å². The Morgan fingerprint density at radius 1 is 1.47 bits per heavy atom. The Morgan fingerprint density at radius 3 is 2.65 bits per heavy atom. The van der Waals surface area contributed by atoms with Gasteiger partial charge in [-0.3, -0.25) is 0 Å². The first kappa shape index (κ1) is 8.91. The second-order valence-electron chi connectivity index (χ2n) is 4.87. The topological polar surface area (TPSA) is 72.7 Å². The number of aromatic hydroxyl groups is 1. The van der Waals surface area contributed by atoms with Gasteiger partial charge < -0.3 is 20.6 Å². The molecule has 0 spiro atoms. The van der Waals surface area contributed by atoms with Crippen LogP contribution in [0.15, 0.2) is 18.2 Å². The maximum atomic E-state index is 10.1. The van der Waals surface area contributed by atoms with Gasteiger partial charge >= 0.3 is 0 Å². The third-order valence-corrected chi connectivity index (χ3v) is 2.19. The van der Waals surface area contributed by atoms with Crippen molar-refractivity contribution in [2.75, 3.05) is 6.54 Å². The monoisotopic (exact) mass is 243 g/mol. The largest absolute Gasteiger partial charge is 0.508 e. The SMILES string of the molecule is [2H]c1c([C@@H](O)CNC(C)(C)C)cc(C([2H])([2H])O)c(O)c1[2H]. The number of aliphatic hydroxyl groups is 2. The van der Waals surface area contributed by atoms with Crippen LogP contribution in [0.25, 0.3) is 0 Å². The average molecular weight is 243 g/mol. The number of hydrogen-bond donors (Lipinski definition) is 4. The summed E-state index contributed by atoms with van der Waals surface area (Å²) in [6.45, 7) is 2.91. The van der Waals surface area contributed by atoms with Gasteiger partial charge in [-0.25, -0.2) is 0 Å². The lowest BCUT2D eigenvalue weighted by molar-refractivity contribution is 0.163. The van der Waals surface area contributed by atoms with Gasteiger partial charge in [-0.2, -0.15) is 0 Å². The fourth-order valence-corrected chi connectivity index (χ4v) is 1.24. The Hall–Kier alpha value is -1.10. The van der Waals surface area contributed by atoms with Gasteiger partial charge in [0.25, 0.3) is 0 Å². The van der Waals surface area contributed by atoms with Crippen LogP contribution in [0.1, 0.15) is 43.5 Å². The molecular formula is C13H21NO3. The Balaban J connectivity index is 3.21. The van der Waals surface area contributed by atoms with Gasteiger partial charge in [0.15, 0.2) is 0 Å². The summed E-state index contributed by atoms with van der Waals surface area (Å²) in [5.74, 6) is -0.799. The zero-order valence-electron chi connectivity index (χ0n) is 14.2. The summed E-state index contributed by atoms with van der Waals surface area (Å²) in [5.41, 5.74) is -0.825. The second-order valence-corrected chi connectivity index (χ2v) is 4.87. The van der Waals surface area contributed by atoms with Crippen LogP contribution in [0.3, 0.4) is 0 Å². The van der Waals surface area contributed by atoms with Gasteiger partial charge in [0, 0.05) is 17.6 Å². The molecule has 96 valence electrons. The molecule has 0 aliphatic rings. The summed E-state index contributed by atoms with van der Waals surface area (Å²) in [6, 6.07) is -0.0102. The number of rotatable bonds is 4. The highest BCUT2D eigenvalue weighted by Crippen LogP contribution is 2.22. The number of benzene rings is 1. The second kappa shape index (κ2) is 5.49. The highest BCUT2D eigenvalue weighted by Gasteiger charge is 2.14. The van der Waals surface area contributed by atoms with Crippen molar-refractivity contribution in [2.45, 2.75) is 39.0 Å². The summed E-state index contributed by atoms with van der Waals surface area (Å²) in [6.07, 6.45) is -1.16. The molecule has 0 bridgehead atoms. The van der Waals surface area contributed by atoms with E-state index in [2.05, 4.69) is 5.32 Å². The van der Waals surface area contributed by atoms with Crippen molar-refractivity contribution >= 4 is 0 Å². The molecule has 0 aliphatic heterocycles. The number of β-amino-alcohol motifs (C(OH)–C–C–N with tert-alkyl or cyclic N) is 1. The van der Waals surface area contributed by atoms with Crippen molar-refractivity contribution in [3.63, 3.8) is 0 Å². The predicted molar refractivity (Wildman–Crippen MR) is 66.7 cm³/mol. The van der Waals surface area contributed by atoms with E-state index >= 15 is 0 Å². The van der Waals surface area contributed by atoms with Crippen LogP contribution < -0.4 is 5.32 Å². The lowest BCUT2D eigenvalue weighted by Crippen LogP contribution is -2.38. The summed E-state index contributed by atoms with van der Waals surface area (Å²) >= 11 is 0. The standard InChI is InChI=1S/C13H21NO3/c1-13(2,3)14-7-12(17)9-4-5-11(16)10(6-9)8-15/h4-6,12,14-17H,7-8H2,1-3H3/t12-/m0/s1/i4D,5D,8D2. The molecule has 4 N–H and O–H groups in total. The number of phenols is 1. The minimum Gasteiger partial charge on any atom is -0.508 e. The number of aliphatic hydroxyl groups excluding tert-OH is 1. The summed E-state index contributed by atoms with van der Waals surface area (Å²) < 4.78 is 29.9. The van der Waals surface area contributed by atoms with Gasteiger partial charge in [0.05, 0.1) is 18.1 Å². The van der Waals surface area contributed by atoms with E-state index in [0.717, 1.165) is 6.07 Å². The Kier molecular flexibility index (Phi) is 2.88. The van der Waals surface area contributed by atoms with E-state index in [1.165, 1.54) is 0 Å². The van der Waals surface area contributed by atoms with Crippen molar-refractivity contribution in [2.24, 2.45) is 0 Å². The lowest BCUT2D eigenvalue weighted by atomic mass is 10.0. The molecule has 0 radical (unpaired) electrons. The molecule has 4 heteroatoms. The molecule has 1 aromatic rings. The molecule has 0 heterocycles. The third kappa shape index (κ3) is 4.34. The summed E-state index contributed by atoms with van der Waals surface area (Å²) in [4.78, 5) is 0. The summed E-state index contributed by atoms with van der Waals surface area (Å²) in [7, 11) is 0. The zero-order valence-corrected chi connectivity index (χ0v) is 10.2. The minimum absolute atomic E-state index is 0.0255. The molecule has 1 rings (SSSR count). The molecule has 4 nitrogen and oxygen atoms in total. The Labute approximate surface area is 108 Å². The van der Waals surface area contributed by atoms with Crippen LogP contribution in [0.4, 0.5) is 0 Å². The van der Waals surface area contributed by atoms with Gasteiger partial charge in [-0.1, -0.05) is 6.04 Å². The number of nitrogens with one attached hydrogen (secondary N) is 1. The van der Waals surface area contributed by atoms with Crippen molar-refractivity contribution in [3.05, 3.63) is 29.3 Å². The normalized spacial score (nSPS) is 17.9. The predicted octanol–water partition coefficient (Wildman–Crippen LogP) is 1.31. The van der Waals surface area contributed by atoms with Gasteiger partial charge in [0.1, 0.15) is 5.75 Å². The van der Waals surface area contributed by atoms with E-state index in [4.69, 9.17) is 5.48 Å². The summed E-state index contributed by atoms with van der Waals surface area (Å²) in [5, 5.41) is 32.2. The van der Waals surface area contributed by atoms with E-state index < -0.39 is 36.1 Å². The maximum Gasteiger partial charge on any atom is 0.121 e. The first-order valence-corrected chi connectivity index (χ1v) is 5.33. The van der Waals surface area contributed by atoms with Gasteiger partial charge in [-0.15, -0.1) is 0 Å². The molecule has 0 aromatic heterocycles. The molecule has 0 saturated carbocycles. The van der Waals surface area contributed by atoms with Crippen LogP contribution in [-0.2, 0) is 6.56 Å². The van der Waals surface area contributed by atoms with Gasteiger partial charge in [0.2, 0.25) is 0 Å². The van der Waals surface area contributed by atoms with E-state index in [1.54, 1.807) is 0 Å². The zero-order chi connectivity index (χ0) is 16.6. The molecule has 0 fully saturated rings. The average Bonchev–Trinajstić information content (AvgIpc) is 2.31. The first-order valence-electron chi connectivity index (χ1n) is 7.33. The van der Waals surface area contributed by atoms with Crippen molar-refractivity contribution in [1.82, 2.24) is 5.32 Å². The first-order chi connectivity index (χ1) is 9.34. The fraction of sp³-hybridized carbons (Fsp3) is 0.538. The Bertz CT molecular complexity index is 524.